The molecule has 0 aliphatic heterocycles. The highest BCUT2D eigenvalue weighted by Gasteiger charge is 2.20. The summed E-state index contributed by atoms with van der Waals surface area (Å²) in [6, 6.07) is 56.6. The topological polar surface area (TPSA) is 3.24 Å². The molecule has 7 rings (SSSR count). The molecule has 0 aliphatic carbocycles. The highest BCUT2D eigenvalue weighted by atomic mass is 15.1. The fraction of sp³-hybridized carbons (Fsp3) is 0.0400. The van der Waals surface area contributed by atoms with Crippen LogP contribution in [0.3, 0.4) is 0 Å². The SMILES string of the molecule is C=C/C(=C\C=C\c1ccccc1)c1ccc(N(c2ccc(C(/C=C\C)=C/C)cc2)c2cc3ccccc3c3ccccc23)cc1-c1ccccc1. The van der Waals surface area contributed by atoms with Gasteiger partial charge in [-0.25, -0.2) is 0 Å². The Morgan fingerprint density at radius 2 is 1.24 bits per heavy atom. The van der Waals surface area contributed by atoms with Crippen LogP contribution in [-0.2, 0) is 0 Å². The van der Waals surface area contributed by atoms with E-state index in [0.717, 1.165) is 44.9 Å². The molecule has 0 saturated heterocycles. The second kappa shape index (κ2) is 15.4. The summed E-state index contributed by atoms with van der Waals surface area (Å²) >= 11 is 0. The van der Waals surface area contributed by atoms with Gasteiger partial charge in [0.15, 0.2) is 0 Å². The van der Waals surface area contributed by atoms with Crippen LogP contribution in [0.4, 0.5) is 17.1 Å². The maximum absolute atomic E-state index is 4.23. The molecule has 0 unspecified atom stereocenters. The van der Waals surface area contributed by atoms with Gasteiger partial charge in [-0.3, -0.25) is 0 Å². The number of anilines is 3. The zero-order chi connectivity index (χ0) is 35.0. The third-order valence-electron chi connectivity index (χ3n) is 9.34. The molecule has 51 heavy (non-hydrogen) atoms. The van der Waals surface area contributed by atoms with Crippen LogP contribution >= 0.6 is 0 Å². The molecule has 0 atom stereocenters. The maximum atomic E-state index is 4.23. The molecule has 0 saturated carbocycles. The fourth-order valence-corrected chi connectivity index (χ4v) is 6.86. The monoisotopic (exact) mass is 655 g/mol. The van der Waals surface area contributed by atoms with E-state index in [4.69, 9.17) is 0 Å². The van der Waals surface area contributed by atoms with Gasteiger partial charge in [0.1, 0.15) is 0 Å². The molecule has 0 aromatic heterocycles. The molecule has 0 amide bonds. The van der Waals surface area contributed by atoms with Crippen LogP contribution in [0.5, 0.6) is 0 Å². The third-order valence-corrected chi connectivity index (χ3v) is 9.34. The highest BCUT2D eigenvalue weighted by molar-refractivity contribution is 6.14. The predicted octanol–water partition coefficient (Wildman–Crippen LogP) is 14.4. The first-order chi connectivity index (χ1) is 25.2. The molecule has 0 radical (unpaired) electrons. The molecule has 7 aromatic rings. The zero-order valence-electron chi connectivity index (χ0n) is 29.2. The van der Waals surface area contributed by atoms with Crippen molar-refractivity contribution in [3.63, 3.8) is 0 Å². The Labute approximate surface area is 302 Å². The number of benzene rings is 7. The number of hydrogen-bond acceptors (Lipinski definition) is 1. The molecular formula is C50H41N. The third kappa shape index (κ3) is 7.02. The lowest BCUT2D eigenvalue weighted by molar-refractivity contribution is 1.30. The van der Waals surface area contributed by atoms with Crippen molar-refractivity contribution in [2.75, 3.05) is 4.90 Å². The number of rotatable bonds is 10. The Bertz CT molecular complexity index is 2420. The lowest BCUT2D eigenvalue weighted by atomic mass is 9.92. The number of allylic oxidation sites excluding steroid dienone is 8. The van der Waals surface area contributed by atoms with Gasteiger partial charge in [0.2, 0.25) is 0 Å². The Morgan fingerprint density at radius 3 is 1.94 bits per heavy atom. The van der Waals surface area contributed by atoms with Crippen molar-refractivity contribution in [3.8, 4) is 11.1 Å². The van der Waals surface area contributed by atoms with Crippen molar-refractivity contribution in [3.05, 3.63) is 217 Å². The smallest absolute Gasteiger partial charge is 0.0546 e. The molecule has 0 heterocycles. The van der Waals surface area contributed by atoms with Gasteiger partial charge in [0.05, 0.1) is 5.69 Å². The first-order valence-electron chi connectivity index (χ1n) is 17.5. The van der Waals surface area contributed by atoms with Crippen molar-refractivity contribution >= 4 is 55.8 Å². The van der Waals surface area contributed by atoms with E-state index >= 15 is 0 Å². The molecule has 0 fully saturated rings. The van der Waals surface area contributed by atoms with E-state index in [-0.39, 0.29) is 0 Å². The minimum absolute atomic E-state index is 1.06. The summed E-state index contributed by atoms with van der Waals surface area (Å²) < 4.78 is 0. The van der Waals surface area contributed by atoms with Gasteiger partial charge in [-0.2, -0.15) is 0 Å². The molecular weight excluding hydrogens is 615 g/mol. The molecule has 1 heteroatoms. The zero-order valence-corrected chi connectivity index (χ0v) is 29.2. The van der Waals surface area contributed by atoms with E-state index in [2.05, 4.69) is 213 Å². The minimum atomic E-state index is 1.06. The van der Waals surface area contributed by atoms with Crippen molar-refractivity contribution in [1.82, 2.24) is 0 Å². The second-order valence-corrected chi connectivity index (χ2v) is 12.5. The molecule has 7 aromatic carbocycles. The predicted molar refractivity (Wildman–Crippen MR) is 224 cm³/mol. The summed E-state index contributed by atoms with van der Waals surface area (Å²) in [7, 11) is 0. The van der Waals surface area contributed by atoms with Crippen LogP contribution in [0, 0.1) is 0 Å². The van der Waals surface area contributed by atoms with Gasteiger partial charge in [-0.1, -0.05) is 177 Å². The second-order valence-electron chi connectivity index (χ2n) is 12.5. The molecule has 0 N–H and O–H groups in total. The van der Waals surface area contributed by atoms with E-state index in [9.17, 15) is 0 Å². The summed E-state index contributed by atoms with van der Waals surface area (Å²) in [6.45, 7) is 8.38. The largest absolute Gasteiger partial charge is 0.310 e. The van der Waals surface area contributed by atoms with E-state index in [1.807, 2.05) is 12.1 Å². The van der Waals surface area contributed by atoms with Crippen LogP contribution in [-0.4, -0.2) is 0 Å². The van der Waals surface area contributed by atoms with E-state index < -0.39 is 0 Å². The summed E-state index contributed by atoms with van der Waals surface area (Å²) in [5.41, 5.74) is 11.3. The van der Waals surface area contributed by atoms with Gasteiger partial charge in [0.25, 0.3) is 0 Å². The molecule has 0 spiro atoms. The number of fused-ring (bicyclic) bond motifs is 3. The maximum Gasteiger partial charge on any atom is 0.0546 e. The molecule has 0 aliphatic rings. The van der Waals surface area contributed by atoms with Gasteiger partial charge < -0.3 is 4.90 Å². The van der Waals surface area contributed by atoms with E-state index in [1.54, 1.807) is 0 Å². The van der Waals surface area contributed by atoms with Gasteiger partial charge in [0, 0.05) is 16.8 Å². The normalized spacial score (nSPS) is 12.3. The van der Waals surface area contributed by atoms with Crippen molar-refractivity contribution in [2.45, 2.75) is 13.8 Å². The van der Waals surface area contributed by atoms with E-state index in [0.29, 0.717) is 0 Å². The average molecular weight is 656 g/mol. The molecule has 246 valence electrons. The summed E-state index contributed by atoms with van der Waals surface area (Å²) in [4.78, 5) is 2.41. The van der Waals surface area contributed by atoms with Crippen LogP contribution in [0.1, 0.15) is 30.5 Å². The number of hydrogen-bond donors (Lipinski definition) is 0. The standard InChI is InChI=1S/C50H41N/c1-4-18-38(5-2)40-29-31-43(32-30-40)51(50-35-42-24-13-14-26-45(42)47-27-15-16-28-48(47)50)44-33-34-46(49(36-44)41-22-11-8-12-23-41)39(6-3)25-17-21-37-19-9-7-10-20-37/h4-36H,3H2,1-2H3/b18-4-,21-17+,38-5+,39-25+. The summed E-state index contributed by atoms with van der Waals surface area (Å²) in [5, 5.41) is 4.89. The molecule has 0 bridgehead atoms. The highest BCUT2D eigenvalue weighted by Crippen LogP contribution is 2.44. The van der Waals surface area contributed by atoms with E-state index in [1.165, 1.54) is 32.7 Å². The Hall–Kier alpha value is -6.44. The quantitative estimate of drug-likeness (QED) is 0.105. The first kappa shape index (κ1) is 33.1. The Kier molecular flexibility index (Phi) is 9.99. The van der Waals surface area contributed by atoms with Gasteiger partial charge in [-0.05, 0) is 99.3 Å². The first-order valence-corrected chi connectivity index (χ1v) is 17.5. The van der Waals surface area contributed by atoms with Gasteiger partial charge >= 0.3 is 0 Å². The van der Waals surface area contributed by atoms with Crippen molar-refractivity contribution in [2.24, 2.45) is 0 Å². The Balaban J connectivity index is 1.45. The van der Waals surface area contributed by atoms with Crippen LogP contribution < -0.4 is 4.90 Å². The van der Waals surface area contributed by atoms with Crippen LogP contribution in [0.15, 0.2) is 201 Å². The summed E-state index contributed by atoms with van der Waals surface area (Å²) in [6.07, 6.45) is 14.8. The van der Waals surface area contributed by atoms with Crippen molar-refractivity contribution < 1.29 is 0 Å². The van der Waals surface area contributed by atoms with Crippen LogP contribution in [0.25, 0.3) is 49.9 Å². The van der Waals surface area contributed by atoms with Crippen LogP contribution in [0.2, 0.25) is 0 Å². The van der Waals surface area contributed by atoms with Crippen molar-refractivity contribution in [1.29, 1.82) is 0 Å². The van der Waals surface area contributed by atoms with Gasteiger partial charge in [-0.15, -0.1) is 0 Å². The molecule has 1 nitrogen and oxygen atoms in total. The lowest BCUT2D eigenvalue weighted by Crippen LogP contribution is -2.11. The summed E-state index contributed by atoms with van der Waals surface area (Å²) in [5.74, 6) is 0. The fourth-order valence-electron chi connectivity index (χ4n) is 6.86. The number of nitrogens with zero attached hydrogens (tertiary/aromatic N) is 1. The lowest BCUT2D eigenvalue weighted by Gasteiger charge is -2.29. The minimum Gasteiger partial charge on any atom is -0.310 e. The Morgan fingerprint density at radius 1 is 0.588 bits per heavy atom. The average Bonchev–Trinajstić information content (AvgIpc) is 3.20.